The number of hydrogen-bond acceptors (Lipinski definition) is 1. The van der Waals surface area contributed by atoms with Crippen molar-refractivity contribution < 1.29 is 17.6 Å². The van der Waals surface area contributed by atoms with Gasteiger partial charge < -0.3 is 5.73 Å². The van der Waals surface area contributed by atoms with Crippen LogP contribution in [0, 0.1) is 12.7 Å². The molecule has 0 aliphatic carbocycles. The molecular formula is C10H13F4N. The molecule has 0 atom stereocenters. The van der Waals surface area contributed by atoms with E-state index in [4.69, 9.17) is 5.73 Å². The monoisotopic (exact) mass is 223 g/mol. The van der Waals surface area contributed by atoms with Crippen LogP contribution in [0.25, 0.3) is 0 Å². The van der Waals surface area contributed by atoms with Crippen LogP contribution in [0.4, 0.5) is 23.2 Å². The van der Waals surface area contributed by atoms with Crippen molar-refractivity contribution in [1.29, 1.82) is 0 Å². The molecule has 0 unspecified atom stereocenters. The lowest BCUT2D eigenvalue weighted by Gasteiger charge is -2.09. The molecule has 86 valence electrons. The smallest absolute Gasteiger partial charge is 0.398 e. The van der Waals surface area contributed by atoms with Crippen molar-refractivity contribution in [3.63, 3.8) is 0 Å². The highest BCUT2D eigenvalue weighted by atomic mass is 19.4. The molecule has 15 heavy (non-hydrogen) atoms. The standard InChI is InChI=1S/C8H7F4N.C2H6/c1-4-2-5(8(10,11)12)6(9)3-7(4)13;1-2/h2-3H,13H2,1H3;1-2H3. The number of benzene rings is 1. The Morgan fingerprint density at radius 3 is 2.00 bits per heavy atom. The van der Waals surface area contributed by atoms with E-state index in [1.54, 1.807) is 0 Å². The third-order valence-electron chi connectivity index (χ3n) is 1.66. The molecule has 0 aromatic heterocycles. The highest BCUT2D eigenvalue weighted by Gasteiger charge is 2.34. The van der Waals surface area contributed by atoms with Gasteiger partial charge in [-0.25, -0.2) is 4.39 Å². The Bertz CT molecular complexity index is 331. The summed E-state index contributed by atoms with van der Waals surface area (Å²) in [4.78, 5) is 0. The summed E-state index contributed by atoms with van der Waals surface area (Å²) in [6.45, 7) is 5.39. The van der Waals surface area contributed by atoms with Gasteiger partial charge in [-0.3, -0.25) is 0 Å². The van der Waals surface area contributed by atoms with Gasteiger partial charge >= 0.3 is 6.18 Å². The van der Waals surface area contributed by atoms with Crippen LogP contribution in [0.2, 0.25) is 0 Å². The van der Waals surface area contributed by atoms with E-state index < -0.39 is 17.6 Å². The fraction of sp³-hybridized carbons (Fsp3) is 0.400. The molecule has 1 aromatic carbocycles. The average molecular weight is 223 g/mol. The number of rotatable bonds is 0. The summed E-state index contributed by atoms with van der Waals surface area (Å²) in [7, 11) is 0. The minimum absolute atomic E-state index is 0.0190. The zero-order valence-electron chi connectivity index (χ0n) is 8.74. The van der Waals surface area contributed by atoms with E-state index in [1.165, 1.54) is 6.92 Å². The van der Waals surface area contributed by atoms with Crippen molar-refractivity contribution in [3.8, 4) is 0 Å². The van der Waals surface area contributed by atoms with E-state index in [2.05, 4.69) is 0 Å². The maximum Gasteiger partial charge on any atom is 0.419 e. The van der Waals surface area contributed by atoms with E-state index in [-0.39, 0.29) is 11.3 Å². The molecule has 0 aliphatic heterocycles. The molecule has 0 aliphatic rings. The third kappa shape index (κ3) is 3.42. The van der Waals surface area contributed by atoms with Crippen LogP contribution in [0.3, 0.4) is 0 Å². The van der Waals surface area contributed by atoms with Crippen molar-refractivity contribution >= 4 is 5.69 Å². The van der Waals surface area contributed by atoms with E-state index >= 15 is 0 Å². The molecule has 0 heterocycles. The molecule has 0 saturated carbocycles. The topological polar surface area (TPSA) is 26.0 Å². The molecule has 0 amide bonds. The van der Waals surface area contributed by atoms with Gasteiger partial charge in [-0.2, -0.15) is 13.2 Å². The molecule has 5 heteroatoms. The highest BCUT2D eigenvalue weighted by molar-refractivity contribution is 5.48. The molecule has 1 rings (SSSR count). The van der Waals surface area contributed by atoms with Crippen LogP contribution in [-0.4, -0.2) is 0 Å². The van der Waals surface area contributed by atoms with Gasteiger partial charge in [-0.1, -0.05) is 13.8 Å². The summed E-state index contributed by atoms with van der Waals surface area (Å²) in [5, 5.41) is 0. The Morgan fingerprint density at radius 1 is 1.13 bits per heavy atom. The second-order valence-electron chi connectivity index (χ2n) is 2.69. The Morgan fingerprint density at radius 2 is 1.60 bits per heavy atom. The number of hydrogen-bond donors (Lipinski definition) is 1. The molecule has 0 radical (unpaired) electrons. The Hall–Kier alpha value is -1.26. The van der Waals surface area contributed by atoms with Crippen LogP contribution < -0.4 is 5.73 Å². The van der Waals surface area contributed by atoms with Crippen LogP contribution in [-0.2, 0) is 6.18 Å². The second kappa shape index (κ2) is 5.00. The lowest BCUT2D eigenvalue weighted by Crippen LogP contribution is -2.09. The van der Waals surface area contributed by atoms with Gasteiger partial charge in [0.25, 0.3) is 0 Å². The summed E-state index contributed by atoms with van der Waals surface area (Å²) in [5.74, 6) is -1.34. The molecule has 0 spiro atoms. The summed E-state index contributed by atoms with van der Waals surface area (Å²) in [5.41, 5.74) is 4.18. The Labute approximate surface area is 85.9 Å². The van der Waals surface area contributed by atoms with Crippen LogP contribution in [0.1, 0.15) is 25.0 Å². The Kier molecular flexibility index (Phi) is 4.58. The number of alkyl halides is 3. The van der Waals surface area contributed by atoms with Gasteiger partial charge in [0, 0.05) is 5.69 Å². The first-order chi connectivity index (χ1) is 6.82. The number of anilines is 1. The quantitative estimate of drug-likeness (QED) is 0.526. The number of nitrogen functional groups attached to an aromatic ring is 1. The molecule has 1 nitrogen and oxygen atoms in total. The Balaban J connectivity index is 0.000000921. The maximum atomic E-state index is 12.7. The fourth-order valence-electron chi connectivity index (χ4n) is 0.914. The predicted molar refractivity (Wildman–Crippen MR) is 51.9 cm³/mol. The van der Waals surface area contributed by atoms with Gasteiger partial charge in [0.05, 0.1) is 5.56 Å². The van der Waals surface area contributed by atoms with Crippen LogP contribution in [0.15, 0.2) is 12.1 Å². The maximum absolute atomic E-state index is 12.7. The van der Waals surface area contributed by atoms with Crippen molar-refractivity contribution in [2.24, 2.45) is 0 Å². The van der Waals surface area contributed by atoms with Crippen molar-refractivity contribution in [2.75, 3.05) is 5.73 Å². The zero-order valence-corrected chi connectivity index (χ0v) is 8.74. The van der Waals surface area contributed by atoms with Crippen molar-refractivity contribution in [1.82, 2.24) is 0 Å². The molecule has 1 aromatic rings. The average Bonchev–Trinajstić information content (AvgIpc) is 2.13. The first-order valence-corrected chi connectivity index (χ1v) is 4.45. The summed E-state index contributed by atoms with van der Waals surface area (Å²) in [6.07, 6.45) is -4.66. The first-order valence-electron chi connectivity index (χ1n) is 4.45. The molecule has 2 N–H and O–H groups in total. The molecular weight excluding hydrogens is 210 g/mol. The lowest BCUT2D eigenvalue weighted by atomic mass is 10.1. The predicted octanol–water partition coefficient (Wildman–Crippen LogP) is 3.76. The number of aryl methyl sites for hydroxylation is 1. The lowest BCUT2D eigenvalue weighted by molar-refractivity contribution is -0.140. The summed E-state index contributed by atoms with van der Waals surface area (Å²) < 4.78 is 49.0. The van der Waals surface area contributed by atoms with Crippen molar-refractivity contribution in [2.45, 2.75) is 26.9 Å². The van der Waals surface area contributed by atoms with Gasteiger partial charge in [-0.15, -0.1) is 0 Å². The fourth-order valence-corrected chi connectivity index (χ4v) is 0.914. The van der Waals surface area contributed by atoms with Crippen LogP contribution >= 0.6 is 0 Å². The number of nitrogens with two attached hydrogens (primary N) is 1. The second-order valence-corrected chi connectivity index (χ2v) is 2.69. The van der Waals surface area contributed by atoms with Gasteiger partial charge in [0.2, 0.25) is 0 Å². The van der Waals surface area contributed by atoms with E-state index in [0.29, 0.717) is 12.1 Å². The summed E-state index contributed by atoms with van der Waals surface area (Å²) in [6, 6.07) is 1.38. The van der Waals surface area contributed by atoms with E-state index in [0.717, 1.165) is 0 Å². The van der Waals surface area contributed by atoms with Gasteiger partial charge in [0.1, 0.15) is 5.82 Å². The van der Waals surface area contributed by atoms with Gasteiger partial charge in [-0.05, 0) is 24.6 Å². The zero-order chi connectivity index (χ0) is 12.2. The SMILES string of the molecule is CC.Cc1cc(C(F)(F)F)c(F)cc1N. The minimum Gasteiger partial charge on any atom is -0.398 e. The normalized spacial score (nSPS) is 10.6. The van der Waals surface area contributed by atoms with E-state index in [9.17, 15) is 17.6 Å². The first kappa shape index (κ1) is 13.7. The number of halogens is 4. The van der Waals surface area contributed by atoms with Gasteiger partial charge in [0.15, 0.2) is 0 Å². The molecule has 0 fully saturated rings. The van der Waals surface area contributed by atoms with E-state index in [1.807, 2.05) is 13.8 Å². The molecule has 0 bridgehead atoms. The summed E-state index contributed by atoms with van der Waals surface area (Å²) >= 11 is 0. The highest BCUT2D eigenvalue weighted by Crippen LogP contribution is 2.33. The largest absolute Gasteiger partial charge is 0.419 e. The van der Waals surface area contributed by atoms with Crippen molar-refractivity contribution in [3.05, 3.63) is 29.1 Å². The minimum atomic E-state index is -4.66. The molecule has 0 saturated heterocycles. The third-order valence-corrected chi connectivity index (χ3v) is 1.66. The van der Waals surface area contributed by atoms with Crippen LogP contribution in [0.5, 0.6) is 0 Å².